The summed E-state index contributed by atoms with van der Waals surface area (Å²) in [5.74, 6) is 0.336. The SMILES string of the molecule is CCOc1ccccc1C(=O)N1CCCC1C(=O)NC(C)C1CCCO1. The summed E-state index contributed by atoms with van der Waals surface area (Å²) in [7, 11) is 0. The predicted molar refractivity (Wildman–Crippen MR) is 98.2 cm³/mol. The van der Waals surface area contributed by atoms with Crippen molar-refractivity contribution >= 4 is 11.8 Å². The van der Waals surface area contributed by atoms with Gasteiger partial charge in [-0.15, -0.1) is 0 Å². The number of nitrogens with one attached hydrogen (secondary N) is 1. The quantitative estimate of drug-likeness (QED) is 0.846. The lowest BCUT2D eigenvalue weighted by Crippen LogP contribution is -2.50. The van der Waals surface area contributed by atoms with E-state index < -0.39 is 6.04 Å². The molecule has 6 heteroatoms. The molecule has 0 saturated carbocycles. The number of para-hydroxylation sites is 1. The first-order valence-corrected chi connectivity index (χ1v) is 9.56. The molecule has 0 radical (unpaired) electrons. The summed E-state index contributed by atoms with van der Waals surface area (Å²) in [6, 6.07) is 6.75. The van der Waals surface area contributed by atoms with E-state index in [1.54, 1.807) is 17.0 Å². The van der Waals surface area contributed by atoms with Crippen LogP contribution in [-0.4, -0.2) is 54.7 Å². The highest BCUT2D eigenvalue weighted by Gasteiger charge is 2.36. The Morgan fingerprint density at radius 2 is 2.12 bits per heavy atom. The van der Waals surface area contributed by atoms with Crippen molar-refractivity contribution in [3.8, 4) is 5.75 Å². The summed E-state index contributed by atoms with van der Waals surface area (Å²) in [5, 5.41) is 3.05. The van der Waals surface area contributed by atoms with Gasteiger partial charge in [-0.1, -0.05) is 12.1 Å². The molecule has 0 spiro atoms. The maximum absolute atomic E-state index is 13.0. The standard InChI is InChI=1S/C20H28N2O4/c1-3-25-18-10-5-4-8-15(18)20(24)22-12-6-9-16(22)19(23)21-14(2)17-11-7-13-26-17/h4-5,8,10,14,16-17H,3,6-7,9,11-13H2,1-2H3,(H,21,23). The van der Waals surface area contributed by atoms with Gasteiger partial charge in [0.15, 0.2) is 0 Å². The molecule has 2 amide bonds. The van der Waals surface area contributed by atoms with Crippen molar-refractivity contribution in [2.75, 3.05) is 19.8 Å². The number of benzene rings is 1. The number of carbonyl (C=O) groups excluding carboxylic acids is 2. The lowest BCUT2D eigenvalue weighted by molar-refractivity contribution is -0.126. The number of amides is 2. The van der Waals surface area contributed by atoms with Crippen LogP contribution in [-0.2, 0) is 9.53 Å². The van der Waals surface area contributed by atoms with E-state index in [-0.39, 0.29) is 24.0 Å². The van der Waals surface area contributed by atoms with Gasteiger partial charge < -0.3 is 19.7 Å². The third kappa shape index (κ3) is 4.01. The first kappa shape index (κ1) is 18.7. The van der Waals surface area contributed by atoms with Gasteiger partial charge in [0.2, 0.25) is 5.91 Å². The zero-order chi connectivity index (χ0) is 18.5. The number of hydrogen-bond acceptors (Lipinski definition) is 4. The van der Waals surface area contributed by atoms with Crippen molar-refractivity contribution in [1.82, 2.24) is 10.2 Å². The second-order valence-electron chi connectivity index (χ2n) is 6.93. The average molecular weight is 360 g/mol. The highest BCUT2D eigenvalue weighted by molar-refractivity contribution is 6.00. The van der Waals surface area contributed by atoms with E-state index in [2.05, 4.69) is 5.32 Å². The van der Waals surface area contributed by atoms with Gasteiger partial charge >= 0.3 is 0 Å². The van der Waals surface area contributed by atoms with Gasteiger partial charge in [0, 0.05) is 13.2 Å². The number of nitrogens with zero attached hydrogens (tertiary/aromatic N) is 1. The molecule has 3 rings (SSSR count). The van der Waals surface area contributed by atoms with Crippen molar-refractivity contribution in [2.45, 2.75) is 57.7 Å². The van der Waals surface area contributed by atoms with Crippen molar-refractivity contribution < 1.29 is 19.1 Å². The van der Waals surface area contributed by atoms with Crippen molar-refractivity contribution in [2.24, 2.45) is 0 Å². The highest BCUT2D eigenvalue weighted by Crippen LogP contribution is 2.26. The normalized spacial score (nSPS) is 23.7. The van der Waals surface area contributed by atoms with Crippen LogP contribution in [0.1, 0.15) is 49.9 Å². The van der Waals surface area contributed by atoms with E-state index in [1.807, 2.05) is 26.0 Å². The Morgan fingerprint density at radius 3 is 2.85 bits per heavy atom. The summed E-state index contributed by atoms with van der Waals surface area (Å²) >= 11 is 0. The Labute approximate surface area is 154 Å². The van der Waals surface area contributed by atoms with Crippen LogP contribution >= 0.6 is 0 Å². The van der Waals surface area contributed by atoms with Crippen LogP contribution in [0.15, 0.2) is 24.3 Å². The fraction of sp³-hybridized carbons (Fsp3) is 0.600. The van der Waals surface area contributed by atoms with Crippen LogP contribution in [0.5, 0.6) is 5.75 Å². The van der Waals surface area contributed by atoms with Gasteiger partial charge in [-0.2, -0.15) is 0 Å². The monoisotopic (exact) mass is 360 g/mol. The van der Waals surface area contributed by atoms with E-state index in [0.29, 0.717) is 30.9 Å². The topological polar surface area (TPSA) is 67.9 Å². The molecular weight excluding hydrogens is 332 g/mol. The maximum atomic E-state index is 13.0. The summed E-state index contributed by atoms with van der Waals surface area (Å²) < 4.78 is 11.2. The van der Waals surface area contributed by atoms with Crippen LogP contribution in [0, 0.1) is 0 Å². The lowest BCUT2D eigenvalue weighted by Gasteiger charge is -2.27. The van der Waals surface area contributed by atoms with Gasteiger partial charge in [0.25, 0.3) is 5.91 Å². The van der Waals surface area contributed by atoms with Gasteiger partial charge in [-0.3, -0.25) is 9.59 Å². The van der Waals surface area contributed by atoms with Crippen LogP contribution in [0.25, 0.3) is 0 Å². The highest BCUT2D eigenvalue weighted by atomic mass is 16.5. The Hall–Kier alpha value is -2.08. The molecule has 2 fully saturated rings. The molecular formula is C20H28N2O4. The van der Waals surface area contributed by atoms with E-state index in [4.69, 9.17) is 9.47 Å². The van der Waals surface area contributed by atoms with E-state index in [9.17, 15) is 9.59 Å². The van der Waals surface area contributed by atoms with Gasteiger partial charge in [0.05, 0.1) is 24.3 Å². The molecule has 1 aromatic rings. The Morgan fingerprint density at radius 1 is 1.31 bits per heavy atom. The second-order valence-corrected chi connectivity index (χ2v) is 6.93. The Bertz CT molecular complexity index is 642. The largest absolute Gasteiger partial charge is 0.493 e. The average Bonchev–Trinajstić information content (AvgIpc) is 3.33. The van der Waals surface area contributed by atoms with Crippen molar-refractivity contribution in [3.05, 3.63) is 29.8 Å². The molecule has 142 valence electrons. The molecule has 2 saturated heterocycles. The van der Waals surface area contributed by atoms with Crippen LogP contribution in [0.2, 0.25) is 0 Å². The summed E-state index contributed by atoms with van der Waals surface area (Å²) in [6.07, 6.45) is 3.59. The summed E-state index contributed by atoms with van der Waals surface area (Å²) in [4.78, 5) is 27.5. The lowest BCUT2D eigenvalue weighted by atomic mass is 10.1. The molecule has 3 atom stereocenters. The summed E-state index contributed by atoms with van der Waals surface area (Å²) in [5.41, 5.74) is 0.515. The minimum Gasteiger partial charge on any atom is -0.493 e. The molecule has 6 nitrogen and oxygen atoms in total. The molecule has 2 aliphatic rings. The smallest absolute Gasteiger partial charge is 0.258 e. The zero-order valence-electron chi connectivity index (χ0n) is 15.6. The third-order valence-electron chi connectivity index (χ3n) is 5.13. The molecule has 26 heavy (non-hydrogen) atoms. The first-order chi connectivity index (χ1) is 12.6. The Balaban J connectivity index is 1.69. The molecule has 1 aromatic carbocycles. The van der Waals surface area contributed by atoms with Gasteiger partial charge in [-0.25, -0.2) is 0 Å². The number of ether oxygens (including phenoxy) is 2. The predicted octanol–water partition coefficient (Wildman–Crippen LogP) is 2.37. The van der Waals surface area contributed by atoms with Crippen LogP contribution < -0.4 is 10.1 Å². The zero-order valence-corrected chi connectivity index (χ0v) is 15.6. The molecule has 0 aromatic heterocycles. The maximum Gasteiger partial charge on any atom is 0.258 e. The molecule has 3 unspecified atom stereocenters. The number of likely N-dealkylation sites (tertiary alicyclic amines) is 1. The van der Waals surface area contributed by atoms with Crippen molar-refractivity contribution in [1.29, 1.82) is 0 Å². The van der Waals surface area contributed by atoms with E-state index >= 15 is 0 Å². The van der Waals surface area contributed by atoms with Crippen molar-refractivity contribution in [3.63, 3.8) is 0 Å². The minimum atomic E-state index is -0.430. The van der Waals surface area contributed by atoms with E-state index in [1.165, 1.54) is 0 Å². The summed E-state index contributed by atoms with van der Waals surface area (Å²) in [6.45, 7) is 5.70. The number of hydrogen-bond donors (Lipinski definition) is 1. The van der Waals surface area contributed by atoms with E-state index in [0.717, 1.165) is 25.9 Å². The molecule has 0 aliphatic carbocycles. The van der Waals surface area contributed by atoms with Gasteiger partial charge in [0.1, 0.15) is 11.8 Å². The minimum absolute atomic E-state index is 0.0433. The number of carbonyl (C=O) groups is 2. The van der Waals surface area contributed by atoms with Gasteiger partial charge in [-0.05, 0) is 51.7 Å². The molecule has 0 bridgehead atoms. The first-order valence-electron chi connectivity index (χ1n) is 9.56. The second kappa shape index (κ2) is 8.54. The fourth-order valence-electron chi connectivity index (χ4n) is 3.77. The third-order valence-corrected chi connectivity index (χ3v) is 5.13. The molecule has 1 N–H and O–H groups in total. The van der Waals surface area contributed by atoms with Crippen LogP contribution in [0.4, 0.5) is 0 Å². The Kier molecular flexibility index (Phi) is 6.14. The number of rotatable bonds is 6. The van der Waals surface area contributed by atoms with Crippen LogP contribution in [0.3, 0.4) is 0 Å². The molecule has 2 heterocycles. The molecule has 2 aliphatic heterocycles. The fourth-order valence-corrected chi connectivity index (χ4v) is 3.77.